The van der Waals surface area contributed by atoms with Crippen molar-refractivity contribution in [1.82, 2.24) is 20.2 Å². The van der Waals surface area contributed by atoms with Crippen LogP contribution in [-0.4, -0.2) is 59.5 Å². The molecule has 8 nitrogen and oxygen atoms in total. The van der Waals surface area contributed by atoms with Crippen molar-refractivity contribution in [2.75, 3.05) is 27.1 Å². The molecule has 0 radical (unpaired) electrons. The molecule has 0 spiro atoms. The van der Waals surface area contributed by atoms with Crippen LogP contribution in [0.3, 0.4) is 0 Å². The molecule has 0 saturated carbocycles. The van der Waals surface area contributed by atoms with E-state index in [2.05, 4.69) is 15.5 Å². The second kappa shape index (κ2) is 7.55. The molecule has 1 heterocycles. The van der Waals surface area contributed by atoms with E-state index in [1.807, 2.05) is 13.8 Å². The quantitative estimate of drug-likeness (QED) is 0.391. The summed E-state index contributed by atoms with van der Waals surface area (Å²) < 4.78 is 16.6. The van der Waals surface area contributed by atoms with Gasteiger partial charge in [-0.25, -0.2) is 4.68 Å². The average Bonchev–Trinajstić information content (AvgIpc) is 2.88. The third-order valence-electron chi connectivity index (χ3n) is 2.65. The molecule has 0 fully saturated rings. The lowest BCUT2D eigenvalue weighted by molar-refractivity contribution is -0.149. The Hall–Kier alpha value is -1.19. The minimum Gasteiger partial charge on any atom is -0.469 e. The van der Waals surface area contributed by atoms with Crippen LogP contribution in [-0.2, 0) is 25.5 Å². The molecule has 1 rings (SSSR count). The van der Waals surface area contributed by atoms with Crippen LogP contribution in [0.2, 0.25) is 0 Å². The van der Waals surface area contributed by atoms with Crippen molar-refractivity contribution < 1.29 is 19.0 Å². The van der Waals surface area contributed by atoms with Crippen molar-refractivity contribution in [3.63, 3.8) is 0 Å². The number of tetrazole rings is 1. The summed E-state index contributed by atoms with van der Waals surface area (Å²) in [6.45, 7) is 4.00. The van der Waals surface area contributed by atoms with Crippen LogP contribution in [0.15, 0.2) is 5.16 Å². The van der Waals surface area contributed by atoms with E-state index in [0.29, 0.717) is 17.5 Å². The minimum atomic E-state index is -0.613. The first-order valence-corrected chi connectivity index (χ1v) is 6.96. The zero-order valence-electron chi connectivity index (χ0n) is 12.3. The van der Waals surface area contributed by atoms with Crippen LogP contribution >= 0.6 is 11.8 Å². The summed E-state index contributed by atoms with van der Waals surface area (Å²) in [7, 11) is 4.47. The molecule has 9 heteroatoms. The first-order valence-electron chi connectivity index (χ1n) is 5.97. The molecule has 0 aliphatic carbocycles. The van der Waals surface area contributed by atoms with Crippen LogP contribution in [0.1, 0.15) is 13.8 Å². The third-order valence-corrected chi connectivity index (χ3v) is 4.06. The number of ether oxygens (including phenoxy) is 3. The lowest BCUT2D eigenvalue weighted by Crippen LogP contribution is -2.28. The molecule has 0 saturated heterocycles. The van der Waals surface area contributed by atoms with Crippen LogP contribution in [0.25, 0.3) is 0 Å². The van der Waals surface area contributed by atoms with Gasteiger partial charge in [-0.1, -0.05) is 11.8 Å². The molecule has 1 aromatic rings. The van der Waals surface area contributed by atoms with Gasteiger partial charge in [0.2, 0.25) is 5.16 Å². The van der Waals surface area contributed by atoms with E-state index >= 15 is 0 Å². The SMILES string of the molecule is COC(=O)C(C)(C)CSc1nnnn1CC(OC)OC. The Morgan fingerprint density at radius 3 is 2.55 bits per heavy atom. The summed E-state index contributed by atoms with van der Waals surface area (Å²) in [4.78, 5) is 11.6. The second-order valence-electron chi connectivity index (χ2n) is 4.71. The van der Waals surface area contributed by atoms with Crippen molar-refractivity contribution in [2.45, 2.75) is 31.8 Å². The fourth-order valence-electron chi connectivity index (χ4n) is 1.38. The molecule has 0 aliphatic heterocycles. The van der Waals surface area contributed by atoms with Crippen molar-refractivity contribution in [3.8, 4) is 0 Å². The van der Waals surface area contributed by atoms with E-state index in [1.54, 1.807) is 18.9 Å². The van der Waals surface area contributed by atoms with Gasteiger partial charge < -0.3 is 14.2 Å². The maximum Gasteiger partial charge on any atom is 0.312 e. The van der Waals surface area contributed by atoms with Gasteiger partial charge in [-0.15, -0.1) is 5.10 Å². The molecule has 0 aromatic carbocycles. The van der Waals surface area contributed by atoms with E-state index in [1.165, 1.54) is 18.9 Å². The van der Waals surface area contributed by atoms with Gasteiger partial charge >= 0.3 is 5.97 Å². The number of aromatic nitrogens is 4. The average molecular weight is 304 g/mol. The summed E-state index contributed by atoms with van der Waals surface area (Å²) >= 11 is 1.38. The topological polar surface area (TPSA) is 88.4 Å². The highest BCUT2D eigenvalue weighted by Crippen LogP contribution is 2.27. The summed E-state index contributed by atoms with van der Waals surface area (Å²) in [6, 6.07) is 0. The molecule has 1 aromatic heterocycles. The summed E-state index contributed by atoms with van der Waals surface area (Å²) in [5.41, 5.74) is -0.613. The standard InChI is InChI=1S/C11H20N4O4S/c1-11(2,9(16)19-5)7-20-10-12-13-14-15(10)6-8(17-3)18-4/h8H,6-7H2,1-5H3. The zero-order valence-corrected chi connectivity index (χ0v) is 13.1. The summed E-state index contributed by atoms with van der Waals surface area (Å²) in [5.74, 6) is 0.237. The molecule has 0 aliphatic rings. The maximum absolute atomic E-state index is 11.6. The third kappa shape index (κ3) is 4.43. The highest BCUT2D eigenvalue weighted by Gasteiger charge is 2.29. The van der Waals surface area contributed by atoms with Gasteiger partial charge in [0.1, 0.15) is 0 Å². The van der Waals surface area contributed by atoms with Gasteiger partial charge in [0.15, 0.2) is 6.29 Å². The predicted molar refractivity (Wildman–Crippen MR) is 72.1 cm³/mol. The van der Waals surface area contributed by atoms with Crippen molar-refractivity contribution in [1.29, 1.82) is 0 Å². The zero-order chi connectivity index (χ0) is 15.2. The van der Waals surface area contributed by atoms with Crippen molar-refractivity contribution in [3.05, 3.63) is 0 Å². The fraction of sp³-hybridized carbons (Fsp3) is 0.818. The number of carbonyl (C=O) groups is 1. The summed E-state index contributed by atoms with van der Waals surface area (Å²) in [6.07, 6.45) is -0.425. The van der Waals surface area contributed by atoms with Crippen LogP contribution < -0.4 is 0 Å². The first-order chi connectivity index (χ1) is 9.44. The number of nitrogens with zero attached hydrogens (tertiary/aromatic N) is 4. The van der Waals surface area contributed by atoms with Crippen LogP contribution in [0, 0.1) is 5.41 Å². The Morgan fingerprint density at radius 1 is 1.35 bits per heavy atom. The Bertz CT molecular complexity index is 434. The van der Waals surface area contributed by atoms with Gasteiger partial charge in [0.05, 0.1) is 19.1 Å². The highest BCUT2D eigenvalue weighted by atomic mass is 32.2. The van der Waals surface area contributed by atoms with Crippen molar-refractivity contribution >= 4 is 17.7 Å². The molecule has 20 heavy (non-hydrogen) atoms. The number of esters is 1. The van der Waals surface area contributed by atoms with Gasteiger partial charge in [0.25, 0.3) is 0 Å². The largest absolute Gasteiger partial charge is 0.469 e. The Balaban J connectivity index is 2.66. The normalized spacial score (nSPS) is 11.9. The maximum atomic E-state index is 11.6. The molecule has 0 bridgehead atoms. The number of rotatable bonds is 8. The number of methoxy groups -OCH3 is 3. The van der Waals surface area contributed by atoms with E-state index in [9.17, 15) is 4.79 Å². The van der Waals surface area contributed by atoms with Gasteiger partial charge in [0, 0.05) is 20.0 Å². The van der Waals surface area contributed by atoms with Gasteiger partial charge in [-0.05, 0) is 24.3 Å². The molecule has 0 atom stereocenters. The molecule has 0 amide bonds. The molecular formula is C11H20N4O4S. The minimum absolute atomic E-state index is 0.268. The van der Waals surface area contributed by atoms with E-state index < -0.39 is 11.7 Å². The summed E-state index contributed by atoms with van der Waals surface area (Å²) in [5, 5.41) is 12.0. The predicted octanol–water partition coefficient (Wildman–Crippen LogP) is 0.583. The molecule has 0 unspecified atom stereocenters. The van der Waals surface area contributed by atoms with Gasteiger partial charge in [-0.2, -0.15) is 0 Å². The smallest absolute Gasteiger partial charge is 0.312 e. The van der Waals surface area contributed by atoms with E-state index in [4.69, 9.17) is 14.2 Å². The number of carbonyl (C=O) groups excluding carboxylic acids is 1. The number of thioether (sulfide) groups is 1. The second-order valence-corrected chi connectivity index (χ2v) is 5.65. The van der Waals surface area contributed by atoms with Crippen LogP contribution in [0.4, 0.5) is 0 Å². The fourth-order valence-corrected chi connectivity index (χ4v) is 2.34. The van der Waals surface area contributed by atoms with E-state index in [-0.39, 0.29) is 5.97 Å². The number of hydrogen-bond acceptors (Lipinski definition) is 8. The van der Waals surface area contributed by atoms with Gasteiger partial charge in [-0.3, -0.25) is 4.79 Å². The Labute approximate surface area is 122 Å². The van der Waals surface area contributed by atoms with Crippen LogP contribution in [0.5, 0.6) is 0 Å². The lowest BCUT2D eigenvalue weighted by Gasteiger charge is -2.20. The lowest BCUT2D eigenvalue weighted by atomic mass is 9.97. The molecular weight excluding hydrogens is 284 g/mol. The first kappa shape index (κ1) is 16.9. The van der Waals surface area contributed by atoms with E-state index in [0.717, 1.165) is 0 Å². The molecule has 0 N–H and O–H groups in total. The Morgan fingerprint density at radius 2 is 2.00 bits per heavy atom. The number of hydrogen-bond donors (Lipinski definition) is 0. The van der Waals surface area contributed by atoms with Crippen molar-refractivity contribution in [2.24, 2.45) is 5.41 Å². The highest BCUT2D eigenvalue weighted by molar-refractivity contribution is 7.99. The monoisotopic (exact) mass is 304 g/mol. The Kier molecular flexibility index (Phi) is 6.37. The molecule has 114 valence electrons.